The number of amides is 3. The van der Waals surface area contributed by atoms with Gasteiger partial charge in [0.1, 0.15) is 0 Å². The van der Waals surface area contributed by atoms with Crippen LogP contribution in [0.15, 0.2) is 58.3 Å². The molecule has 7 heteroatoms. The van der Waals surface area contributed by atoms with Crippen molar-refractivity contribution in [2.45, 2.75) is 73.2 Å². The van der Waals surface area contributed by atoms with Gasteiger partial charge in [0.05, 0.1) is 11.4 Å². The summed E-state index contributed by atoms with van der Waals surface area (Å²) in [5.74, 6) is 0.0818. The Hall–Kier alpha value is -2.67. The van der Waals surface area contributed by atoms with Gasteiger partial charge in [-0.05, 0) is 49.9 Å². The molecule has 3 amide bonds. The number of likely N-dealkylation sites (tertiary alicyclic amines) is 1. The van der Waals surface area contributed by atoms with E-state index >= 15 is 0 Å². The van der Waals surface area contributed by atoms with Crippen LogP contribution in [0.4, 0.5) is 16.2 Å². The first kappa shape index (κ1) is 23.1. The maximum atomic E-state index is 12.8. The molecule has 2 aliphatic heterocycles. The van der Waals surface area contributed by atoms with Crippen molar-refractivity contribution in [1.82, 2.24) is 15.5 Å². The zero-order chi connectivity index (χ0) is 23.3. The number of anilines is 2. The van der Waals surface area contributed by atoms with Crippen LogP contribution in [0.3, 0.4) is 0 Å². The lowest BCUT2D eigenvalue weighted by atomic mass is 9.95. The molecule has 3 aliphatic rings. The highest BCUT2D eigenvalue weighted by Crippen LogP contribution is 2.47. The van der Waals surface area contributed by atoms with Crippen molar-refractivity contribution in [1.29, 1.82) is 0 Å². The minimum atomic E-state index is 0.0666. The van der Waals surface area contributed by atoms with Gasteiger partial charge in [0.25, 0.3) is 0 Å². The summed E-state index contributed by atoms with van der Waals surface area (Å²) >= 11 is 1.78. The predicted octanol–water partition coefficient (Wildman–Crippen LogP) is 5.30. The molecule has 6 nitrogen and oxygen atoms in total. The van der Waals surface area contributed by atoms with E-state index in [2.05, 4.69) is 64.1 Å². The quantitative estimate of drug-likeness (QED) is 0.612. The first-order valence-corrected chi connectivity index (χ1v) is 13.5. The molecule has 0 atom stereocenters. The van der Waals surface area contributed by atoms with Gasteiger partial charge in [-0.1, -0.05) is 55.3 Å². The fraction of sp³-hybridized carbons (Fsp3) is 0.481. The standard InChI is InChI=1S/C27H34N4O2S/c32-26(28-21-14-17-30(18-15-21)27(33)29-20-8-2-1-3-9-20)16-19-31-22-10-4-6-12-24(22)34-25-13-7-5-11-23(25)31/h4-7,10-13,20-21H,1-3,8-9,14-19H2,(H,28,32)(H,29,33). The summed E-state index contributed by atoms with van der Waals surface area (Å²) in [4.78, 5) is 32.0. The average Bonchev–Trinajstić information content (AvgIpc) is 2.87. The lowest BCUT2D eigenvalue weighted by Crippen LogP contribution is -2.51. The van der Waals surface area contributed by atoms with Crippen LogP contribution in [-0.2, 0) is 4.79 Å². The van der Waals surface area contributed by atoms with Gasteiger partial charge in [0.15, 0.2) is 0 Å². The molecule has 5 rings (SSSR count). The molecule has 0 unspecified atom stereocenters. The molecule has 2 aromatic carbocycles. The molecule has 2 N–H and O–H groups in total. The third kappa shape index (κ3) is 5.35. The second-order valence-corrected chi connectivity index (χ2v) is 10.6. The highest BCUT2D eigenvalue weighted by Gasteiger charge is 2.27. The van der Waals surface area contributed by atoms with Crippen LogP contribution in [0.2, 0.25) is 0 Å². The number of hydrogen-bond donors (Lipinski definition) is 2. The number of nitrogens with zero attached hydrogens (tertiary/aromatic N) is 2. The zero-order valence-corrected chi connectivity index (χ0v) is 20.5. The summed E-state index contributed by atoms with van der Waals surface area (Å²) in [5, 5.41) is 6.43. The molecule has 0 radical (unpaired) electrons. The molecule has 180 valence electrons. The van der Waals surface area contributed by atoms with E-state index in [4.69, 9.17) is 0 Å². The fourth-order valence-electron chi connectivity index (χ4n) is 5.27. The molecule has 34 heavy (non-hydrogen) atoms. The Balaban J connectivity index is 1.11. The monoisotopic (exact) mass is 478 g/mol. The highest BCUT2D eigenvalue weighted by atomic mass is 32.2. The number of rotatable bonds is 5. The smallest absolute Gasteiger partial charge is 0.317 e. The minimum absolute atomic E-state index is 0.0666. The number of hydrogen-bond acceptors (Lipinski definition) is 4. The molecule has 2 fully saturated rings. The second kappa shape index (κ2) is 10.7. The van der Waals surface area contributed by atoms with Gasteiger partial charge >= 0.3 is 6.03 Å². The number of carbonyl (C=O) groups excluding carboxylic acids is 2. The maximum absolute atomic E-state index is 12.8. The van der Waals surface area contributed by atoms with Crippen molar-refractivity contribution in [3.05, 3.63) is 48.5 Å². The summed E-state index contributed by atoms with van der Waals surface area (Å²) in [7, 11) is 0. The first-order valence-electron chi connectivity index (χ1n) is 12.7. The molecule has 2 heterocycles. The van der Waals surface area contributed by atoms with E-state index in [-0.39, 0.29) is 18.0 Å². The Kier molecular flexibility index (Phi) is 7.28. The number of nitrogens with one attached hydrogen (secondary N) is 2. The van der Waals surface area contributed by atoms with E-state index in [0.717, 1.165) is 37.1 Å². The van der Waals surface area contributed by atoms with Crippen molar-refractivity contribution in [3.63, 3.8) is 0 Å². The van der Waals surface area contributed by atoms with Crippen molar-refractivity contribution in [2.24, 2.45) is 0 Å². The van der Waals surface area contributed by atoms with Gasteiger partial charge in [-0.3, -0.25) is 4.79 Å². The van der Waals surface area contributed by atoms with Gasteiger partial charge in [-0.25, -0.2) is 4.79 Å². The molecule has 2 aromatic rings. The number of fused-ring (bicyclic) bond motifs is 2. The van der Waals surface area contributed by atoms with Gasteiger partial charge in [-0.2, -0.15) is 0 Å². The van der Waals surface area contributed by atoms with Crippen molar-refractivity contribution in [2.75, 3.05) is 24.5 Å². The maximum Gasteiger partial charge on any atom is 0.317 e. The summed E-state index contributed by atoms with van der Waals surface area (Å²) in [6, 6.07) is 17.3. The van der Waals surface area contributed by atoms with E-state index in [1.807, 2.05) is 4.90 Å². The van der Waals surface area contributed by atoms with Crippen LogP contribution in [0, 0.1) is 0 Å². The molecular weight excluding hydrogens is 444 g/mol. The van der Waals surface area contributed by atoms with E-state index in [1.165, 1.54) is 29.1 Å². The Bertz CT molecular complexity index is 970. The molecular formula is C27H34N4O2S. The van der Waals surface area contributed by atoms with Gasteiger partial charge in [0.2, 0.25) is 5.91 Å². The molecule has 1 saturated carbocycles. The molecule has 1 aliphatic carbocycles. The van der Waals surface area contributed by atoms with Gasteiger partial charge in [0, 0.05) is 47.9 Å². The topological polar surface area (TPSA) is 64.7 Å². The number of carbonyl (C=O) groups is 2. The average molecular weight is 479 g/mol. The zero-order valence-electron chi connectivity index (χ0n) is 19.7. The third-order valence-electron chi connectivity index (χ3n) is 7.17. The summed E-state index contributed by atoms with van der Waals surface area (Å²) in [5.41, 5.74) is 2.33. The van der Waals surface area contributed by atoms with E-state index in [1.54, 1.807) is 11.8 Å². The lowest BCUT2D eigenvalue weighted by molar-refractivity contribution is -0.121. The van der Waals surface area contributed by atoms with Crippen LogP contribution in [0.5, 0.6) is 0 Å². The Morgan fingerprint density at radius 2 is 1.38 bits per heavy atom. The van der Waals surface area contributed by atoms with E-state index < -0.39 is 0 Å². The minimum Gasteiger partial charge on any atom is -0.353 e. The Morgan fingerprint density at radius 3 is 2.03 bits per heavy atom. The van der Waals surface area contributed by atoms with Crippen LogP contribution >= 0.6 is 11.8 Å². The van der Waals surface area contributed by atoms with E-state index in [9.17, 15) is 9.59 Å². The number of piperidine rings is 1. The normalized spacial score (nSPS) is 18.7. The van der Waals surface area contributed by atoms with Gasteiger partial charge in [-0.15, -0.1) is 0 Å². The van der Waals surface area contributed by atoms with Crippen molar-refractivity contribution in [3.8, 4) is 0 Å². The molecule has 0 bridgehead atoms. The number of para-hydroxylation sites is 2. The SMILES string of the molecule is O=C(CCN1c2ccccc2Sc2ccccc21)NC1CCN(C(=O)NC2CCCCC2)CC1. The second-order valence-electron chi connectivity index (χ2n) is 9.55. The Morgan fingerprint density at radius 1 is 0.794 bits per heavy atom. The third-order valence-corrected chi connectivity index (χ3v) is 8.30. The first-order chi connectivity index (χ1) is 16.7. The van der Waals surface area contributed by atoms with Crippen LogP contribution in [0.1, 0.15) is 51.4 Å². The Labute approximate surface area is 206 Å². The van der Waals surface area contributed by atoms with Crippen LogP contribution < -0.4 is 15.5 Å². The van der Waals surface area contributed by atoms with Crippen molar-refractivity contribution >= 4 is 35.1 Å². The van der Waals surface area contributed by atoms with Crippen molar-refractivity contribution < 1.29 is 9.59 Å². The summed E-state index contributed by atoms with van der Waals surface area (Å²) in [6.07, 6.45) is 7.99. The summed E-state index contributed by atoms with van der Waals surface area (Å²) in [6.45, 7) is 2.05. The largest absolute Gasteiger partial charge is 0.353 e. The summed E-state index contributed by atoms with van der Waals surface area (Å²) < 4.78 is 0. The molecule has 0 aromatic heterocycles. The highest BCUT2D eigenvalue weighted by molar-refractivity contribution is 7.99. The molecule has 1 saturated heterocycles. The molecule has 0 spiro atoms. The fourth-order valence-corrected chi connectivity index (χ4v) is 6.37. The van der Waals surface area contributed by atoms with Gasteiger partial charge < -0.3 is 20.4 Å². The number of benzene rings is 2. The number of urea groups is 1. The van der Waals surface area contributed by atoms with E-state index in [0.29, 0.717) is 32.1 Å². The van der Waals surface area contributed by atoms with Crippen LogP contribution in [-0.4, -0.2) is 48.6 Å². The van der Waals surface area contributed by atoms with Crippen LogP contribution in [0.25, 0.3) is 0 Å². The predicted molar refractivity (Wildman–Crippen MR) is 137 cm³/mol. The lowest BCUT2D eigenvalue weighted by Gasteiger charge is -2.35.